The number of benzene rings is 1. The monoisotopic (exact) mass is 390 g/mol. The molecular weight excluding hydrogens is 358 g/mol. The van der Waals surface area contributed by atoms with Gasteiger partial charge in [-0.15, -0.1) is 6.58 Å². The van der Waals surface area contributed by atoms with Crippen LogP contribution in [-0.2, 0) is 16.1 Å². The van der Waals surface area contributed by atoms with Gasteiger partial charge in [0, 0.05) is 18.2 Å². The molecule has 154 valence electrons. The highest BCUT2D eigenvalue weighted by atomic mass is 19.2. The number of rotatable bonds is 8. The summed E-state index contributed by atoms with van der Waals surface area (Å²) < 4.78 is 39.3. The Balaban J connectivity index is 1.60. The molecule has 0 aliphatic heterocycles. The van der Waals surface area contributed by atoms with Crippen molar-refractivity contribution in [3.05, 3.63) is 53.6 Å². The van der Waals surface area contributed by atoms with Crippen LogP contribution >= 0.6 is 0 Å². The smallest absolute Gasteiger partial charge is 0.166 e. The summed E-state index contributed by atoms with van der Waals surface area (Å²) in [6, 6.07) is 3.35. The molecule has 4 heteroatoms. The fraction of sp³-hybridized carbons (Fsp3) is 0.583. The first kappa shape index (κ1) is 21.2. The molecule has 0 aromatic heterocycles. The van der Waals surface area contributed by atoms with Gasteiger partial charge < -0.3 is 9.47 Å². The van der Waals surface area contributed by atoms with Crippen LogP contribution in [0.4, 0.5) is 8.78 Å². The zero-order valence-corrected chi connectivity index (χ0v) is 16.9. The van der Waals surface area contributed by atoms with Gasteiger partial charge in [-0.05, 0) is 68.3 Å². The van der Waals surface area contributed by atoms with Gasteiger partial charge in [-0.2, -0.15) is 0 Å². The number of methoxy groups -OCH3 is 1. The third-order valence-corrected chi connectivity index (χ3v) is 6.47. The van der Waals surface area contributed by atoms with E-state index in [-0.39, 0.29) is 12.2 Å². The van der Waals surface area contributed by atoms with E-state index in [1.165, 1.54) is 25.7 Å². The largest absolute Gasteiger partial charge is 0.382 e. The molecule has 1 aromatic rings. The summed E-state index contributed by atoms with van der Waals surface area (Å²) in [5, 5.41) is 0. The van der Waals surface area contributed by atoms with Crippen molar-refractivity contribution in [1.82, 2.24) is 0 Å². The van der Waals surface area contributed by atoms with Gasteiger partial charge in [0.15, 0.2) is 11.6 Å². The first-order valence-corrected chi connectivity index (χ1v) is 10.5. The third kappa shape index (κ3) is 5.09. The minimum absolute atomic E-state index is 0.0564. The van der Waals surface area contributed by atoms with Crippen LogP contribution in [0.2, 0.25) is 0 Å². The van der Waals surface area contributed by atoms with E-state index in [2.05, 4.69) is 18.7 Å². The van der Waals surface area contributed by atoms with Crippen LogP contribution in [0.3, 0.4) is 0 Å². The summed E-state index contributed by atoms with van der Waals surface area (Å²) in [6.45, 7) is 4.78. The van der Waals surface area contributed by atoms with Gasteiger partial charge in [-0.25, -0.2) is 8.78 Å². The van der Waals surface area contributed by atoms with Crippen molar-refractivity contribution in [1.29, 1.82) is 0 Å². The normalized spacial score (nSPS) is 25.4. The molecule has 1 atom stereocenters. The molecule has 0 amide bonds. The highest BCUT2D eigenvalue weighted by Gasteiger charge is 2.28. The minimum atomic E-state index is -0.791. The Morgan fingerprint density at radius 2 is 1.82 bits per heavy atom. The van der Waals surface area contributed by atoms with E-state index in [0.717, 1.165) is 30.8 Å². The van der Waals surface area contributed by atoms with Crippen LogP contribution in [0.15, 0.2) is 30.9 Å². The molecule has 0 heterocycles. The summed E-state index contributed by atoms with van der Waals surface area (Å²) in [6.07, 6.45) is 12.1. The lowest BCUT2D eigenvalue weighted by Crippen LogP contribution is -2.22. The summed E-state index contributed by atoms with van der Waals surface area (Å²) >= 11 is 0. The maximum absolute atomic E-state index is 14.7. The van der Waals surface area contributed by atoms with Crippen molar-refractivity contribution < 1.29 is 18.3 Å². The molecule has 0 radical (unpaired) electrons. The van der Waals surface area contributed by atoms with Gasteiger partial charge in [-0.3, -0.25) is 0 Å². The zero-order chi connectivity index (χ0) is 19.9. The predicted molar refractivity (Wildman–Crippen MR) is 109 cm³/mol. The Labute approximate surface area is 167 Å². The van der Waals surface area contributed by atoms with E-state index < -0.39 is 11.6 Å². The van der Waals surface area contributed by atoms with Crippen molar-refractivity contribution in [2.75, 3.05) is 20.3 Å². The van der Waals surface area contributed by atoms with E-state index in [1.54, 1.807) is 19.2 Å². The summed E-state index contributed by atoms with van der Waals surface area (Å²) in [5.74, 6) is 0.586. The lowest BCUT2D eigenvalue weighted by atomic mass is 9.71. The Kier molecular flexibility index (Phi) is 7.81. The Morgan fingerprint density at radius 1 is 1.04 bits per heavy atom. The van der Waals surface area contributed by atoms with Crippen molar-refractivity contribution in [3.8, 4) is 0 Å². The van der Waals surface area contributed by atoms with E-state index in [4.69, 9.17) is 9.47 Å². The van der Waals surface area contributed by atoms with E-state index in [1.807, 2.05) is 0 Å². The Hall–Kier alpha value is -1.52. The van der Waals surface area contributed by atoms with Crippen LogP contribution in [-0.4, -0.2) is 20.3 Å². The lowest BCUT2D eigenvalue weighted by molar-refractivity contribution is 0.0602. The highest BCUT2D eigenvalue weighted by molar-refractivity contribution is 5.67. The topological polar surface area (TPSA) is 18.5 Å². The Morgan fingerprint density at radius 3 is 2.46 bits per heavy atom. The van der Waals surface area contributed by atoms with Gasteiger partial charge in [0.2, 0.25) is 0 Å². The molecule has 3 rings (SSSR count). The fourth-order valence-electron chi connectivity index (χ4n) is 4.65. The van der Waals surface area contributed by atoms with E-state index >= 15 is 0 Å². The number of ether oxygens (including phenoxy) is 2. The molecule has 28 heavy (non-hydrogen) atoms. The maximum Gasteiger partial charge on any atom is 0.166 e. The highest BCUT2D eigenvalue weighted by Crippen LogP contribution is 2.41. The summed E-state index contributed by atoms with van der Waals surface area (Å²) in [7, 11) is 1.58. The predicted octanol–water partition coefficient (Wildman–Crippen LogP) is 6.30. The SMILES string of the molecule is C=CC1CCC(C2CC=C(c3ccc(COCCOC)c(F)c3F)CC2)CC1. The minimum Gasteiger partial charge on any atom is -0.382 e. The molecule has 0 N–H and O–H groups in total. The van der Waals surface area contributed by atoms with Crippen molar-refractivity contribution >= 4 is 5.57 Å². The average Bonchev–Trinajstić information content (AvgIpc) is 2.74. The molecule has 2 aliphatic rings. The zero-order valence-electron chi connectivity index (χ0n) is 16.9. The quantitative estimate of drug-likeness (QED) is 0.383. The summed E-state index contributed by atoms with van der Waals surface area (Å²) in [4.78, 5) is 0. The van der Waals surface area contributed by atoms with Gasteiger partial charge in [0.25, 0.3) is 0 Å². The number of halogens is 2. The number of hydrogen-bond donors (Lipinski definition) is 0. The van der Waals surface area contributed by atoms with Crippen molar-refractivity contribution in [2.45, 2.75) is 51.6 Å². The molecule has 0 spiro atoms. The molecule has 0 saturated heterocycles. The van der Waals surface area contributed by atoms with Gasteiger partial charge in [0.1, 0.15) is 0 Å². The fourth-order valence-corrected chi connectivity index (χ4v) is 4.65. The second-order valence-corrected chi connectivity index (χ2v) is 8.12. The lowest BCUT2D eigenvalue weighted by Gasteiger charge is -2.34. The molecule has 1 saturated carbocycles. The maximum atomic E-state index is 14.7. The summed E-state index contributed by atoms with van der Waals surface area (Å²) in [5.41, 5.74) is 1.61. The Bertz CT molecular complexity index is 690. The second-order valence-electron chi connectivity index (χ2n) is 8.12. The average molecular weight is 391 g/mol. The van der Waals surface area contributed by atoms with Crippen molar-refractivity contribution in [3.63, 3.8) is 0 Å². The molecular formula is C24H32F2O2. The van der Waals surface area contributed by atoms with Crippen LogP contribution in [0.1, 0.15) is 56.1 Å². The molecule has 2 nitrogen and oxygen atoms in total. The van der Waals surface area contributed by atoms with Crippen LogP contribution in [0.5, 0.6) is 0 Å². The first-order chi connectivity index (χ1) is 13.6. The van der Waals surface area contributed by atoms with Crippen molar-refractivity contribution in [2.24, 2.45) is 17.8 Å². The first-order valence-electron chi connectivity index (χ1n) is 10.5. The van der Waals surface area contributed by atoms with Gasteiger partial charge in [-0.1, -0.05) is 24.3 Å². The number of allylic oxidation sites excluding steroid dienone is 3. The van der Waals surface area contributed by atoms with Crippen LogP contribution < -0.4 is 0 Å². The second kappa shape index (κ2) is 10.3. The van der Waals surface area contributed by atoms with Gasteiger partial charge >= 0.3 is 0 Å². The van der Waals surface area contributed by atoms with Crippen LogP contribution in [0, 0.1) is 29.4 Å². The van der Waals surface area contributed by atoms with E-state index in [9.17, 15) is 8.78 Å². The van der Waals surface area contributed by atoms with Gasteiger partial charge in [0.05, 0.1) is 19.8 Å². The van der Waals surface area contributed by atoms with Crippen LogP contribution in [0.25, 0.3) is 5.57 Å². The molecule has 2 aliphatic carbocycles. The molecule has 1 unspecified atom stereocenters. The molecule has 1 aromatic carbocycles. The molecule has 1 fully saturated rings. The molecule has 0 bridgehead atoms. The standard InChI is InChI=1S/C24H32F2O2/c1-3-17-4-6-18(7-5-17)19-8-10-20(11-9-19)22-13-12-21(23(25)24(22)26)16-28-15-14-27-2/h3,10,12-13,17-19H,1,4-9,11,14-16H2,2H3. The van der Waals surface area contributed by atoms with E-state index in [0.29, 0.717) is 30.6 Å². The third-order valence-electron chi connectivity index (χ3n) is 6.47. The number of hydrogen-bond acceptors (Lipinski definition) is 2.